The molecule has 0 saturated heterocycles. The van der Waals surface area contributed by atoms with Gasteiger partial charge in [-0.2, -0.15) is 0 Å². The van der Waals surface area contributed by atoms with Gasteiger partial charge in [-0.3, -0.25) is 33.6 Å². The minimum absolute atomic E-state index is 0.00110. The first-order chi connectivity index (χ1) is 37.7. The molecule has 3 amide bonds. The van der Waals surface area contributed by atoms with Crippen LogP contribution >= 0.6 is 0 Å². The molecule has 7 N–H and O–H groups in total. The molecule has 0 aliphatic heterocycles. The van der Waals surface area contributed by atoms with E-state index in [1.165, 1.54) is 19.1 Å². The highest BCUT2D eigenvalue weighted by molar-refractivity contribution is 5.88. The number of carbonyl (C=O) groups is 9. The molecule has 0 bridgehead atoms. The zero-order valence-electron chi connectivity index (χ0n) is 46.1. The van der Waals surface area contributed by atoms with Crippen molar-refractivity contribution in [1.29, 1.82) is 0 Å². The minimum atomic E-state index is -1.19. The number of H-pyrrole nitrogens is 1. The Morgan fingerprint density at radius 3 is 1.88 bits per heavy atom. The second kappa shape index (κ2) is 44.0. The Morgan fingerprint density at radius 1 is 0.590 bits per heavy atom. The first kappa shape index (κ1) is 68.2. The van der Waals surface area contributed by atoms with E-state index in [2.05, 4.69) is 31.2 Å². The number of carboxylic acid groups (broad SMARTS) is 2. The number of carbonyl (C=O) groups excluding carboxylic acids is 7. The van der Waals surface area contributed by atoms with Crippen molar-refractivity contribution in [1.82, 2.24) is 31.2 Å². The van der Waals surface area contributed by atoms with E-state index in [1.54, 1.807) is 24.7 Å². The van der Waals surface area contributed by atoms with E-state index in [1.807, 2.05) is 6.92 Å². The first-order valence-electron chi connectivity index (χ1n) is 27.8. The van der Waals surface area contributed by atoms with Gasteiger partial charge in [0.2, 0.25) is 17.7 Å². The average Bonchev–Trinajstić information content (AvgIpc) is 3.94. The maximum atomic E-state index is 13.0. The van der Waals surface area contributed by atoms with Crippen molar-refractivity contribution in [3.63, 3.8) is 0 Å². The summed E-state index contributed by atoms with van der Waals surface area (Å²) in [6.45, 7) is 5.84. The van der Waals surface area contributed by atoms with Crippen molar-refractivity contribution >= 4 is 52.8 Å². The fraction of sp³-hybridized carbons (Fsp3) is 0.679. The SMILES string of the molecule is CCC[C@H](NCC(=O)CCc1cnc[nH]1)C(=O)CC[C@@H](CCCCNC(=O)COCCOCCNC(=O)COCCOCCCC(=O)CC[C@H](NC(=O)CCCCCCCCCOc1ccc(C(=O)O)cc1)C(=O)O)C(C)=O. The summed E-state index contributed by atoms with van der Waals surface area (Å²) in [5.74, 6) is -2.84. The summed E-state index contributed by atoms with van der Waals surface area (Å²) in [6, 6.07) is 4.72. The second-order valence-electron chi connectivity index (χ2n) is 19.2. The van der Waals surface area contributed by atoms with Gasteiger partial charge in [-0.25, -0.2) is 14.6 Å². The molecule has 1 aromatic carbocycles. The molecule has 1 aromatic heterocycles. The summed E-state index contributed by atoms with van der Waals surface area (Å²) in [5, 5.41) is 29.7. The lowest BCUT2D eigenvalue weighted by Crippen LogP contribution is -2.41. The van der Waals surface area contributed by atoms with Crippen molar-refractivity contribution in [2.75, 3.05) is 79.1 Å². The number of nitrogens with zero attached hydrogens (tertiary/aromatic N) is 1. The minimum Gasteiger partial charge on any atom is -0.494 e. The van der Waals surface area contributed by atoms with E-state index in [-0.39, 0.29) is 150 Å². The zero-order chi connectivity index (χ0) is 57.0. The first-order valence-corrected chi connectivity index (χ1v) is 27.8. The summed E-state index contributed by atoms with van der Waals surface area (Å²) in [4.78, 5) is 116. The Hall–Kier alpha value is -5.94. The number of rotatable bonds is 52. The molecule has 0 aliphatic carbocycles. The largest absolute Gasteiger partial charge is 0.494 e. The number of ether oxygens (including phenoxy) is 5. The van der Waals surface area contributed by atoms with Gasteiger partial charge in [0.05, 0.1) is 64.1 Å². The monoisotopic (exact) mass is 1100 g/mol. The highest BCUT2D eigenvalue weighted by Gasteiger charge is 2.23. The Morgan fingerprint density at radius 2 is 1.24 bits per heavy atom. The molecule has 22 nitrogen and oxygen atoms in total. The molecule has 0 spiro atoms. The van der Waals surface area contributed by atoms with E-state index >= 15 is 0 Å². The fourth-order valence-electron chi connectivity index (χ4n) is 8.09. The van der Waals surface area contributed by atoms with Crippen LogP contribution in [0.25, 0.3) is 0 Å². The third kappa shape index (κ3) is 35.5. The number of unbranched alkanes of at least 4 members (excludes halogenated alkanes) is 7. The molecule has 3 atom stereocenters. The fourth-order valence-corrected chi connectivity index (χ4v) is 8.09. The Bertz CT molecular complexity index is 2040. The Kier molecular flexibility index (Phi) is 38.4. The van der Waals surface area contributed by atoms with Crippen LogP contribution in [0.2, 0.25) is 0 Å². The molecule has 0 aliphatic rings. The number of imidazole rings is 1. The van der Waals surface area contributed by atoms with Crippen LogP contribution in [0.5, 0.6) is 5.75 Å². The lowest BCUT2D eigenvalue weighted by Gasteiger charge is -2.19. The van der Waals surface area contributed by atoms with Gasteiger partial charge < -0.3 is 60.1 Å². The number of hydrogen-bond donors (Lipinski definition) is 7. The van der Waals surface area contributed by atoms with Gasteiger partial charge in [0, 0.05) is 69.6 Å². The molecular formula is C56H88N6O16. The number of Topliss-reactive ketones (excluding diaryl/α,β-unsaturated/α-hetero) is 4. The predicted octanol–water partition coefficient (Wildman–Crippen LogP) is 5.29. The number of amides is 3. The van der Waals surface area contributed by atoms with Crippen LogP contribution in [0, 0.1) is 5.92 Å². The highest BCUT2D eigenvalue weighted by Crippen LogP contribution is 2.18. The summed E-state index contributed by atoms with van der Waals surface area (Å²) >= 11 is 0. The quantitative estimate of drug-likeness (QED) is 0.0414. The number of hydrogen-bond acceptors (Lipinski definition) is 16. The van der Waals surface area contributed by atoms with Gasteiger partial charge in [-0.05, 0) is 89.0 Å². The number of nitrogens with one attached hydrogen (secondary N) is 5. The van der Waals surface area contributed by atoms with Gasteiger partial charge in [0.1, 0.15) is 48.1 Å². The lowest BCUT2D eigenvalue weighted by molar-refractivity contribution is -0.142. The van der Waals surface area contributed by atoms with Crippen molar-refractivity contribution < 1.29 is 77.0 Å². The van der Waals surface area contributed by atoms with E-state index in [9.17, 15) is 48.3 Å². The van der Waals surface area contributed by atoms with Crippen molar-refractivity contribution in [2.45, 2.75) is 161 Å². The van der Waals surface area contributed by atoms with Crippen LogP contribution in [0.3, 0.4) is 0 Å². The number of aryl methyl sites for hydroxylation is 1. The number of carboxylic acids is 2. The highest BCUT2D eigenvalue weighted by atomic mass is 16.5. The molecule has 22 heteroatoms. The molecule has 78 heavy (non-hydrogen) atoms. The number of ketones is 4. The molecule has 1 heterocycles. The normalized spacial score (nSPS) is 12.3. The lowest BCUT2D eigenvalue weighted by atomic mass is 9.90. The number of aromatic carboxylic acids is 1. The number of aromatic amines is 1. The third-order valence-corrected chi connectivity index (χ3v) is 12.6. The molecule has 438 valence electrons. The van der Waals surface area contributed by atoms with Crippen LogP contribution < -0.4 is 26.0 Å². The van der Waals surface area contributed by atoms with Crippen LogP contribution in [0.15, 0.2) is 36.8 Å². The number of benzene rings is 1. The number of aliphatic carboxylic acids is 1. The van der Waals surface area contributed by atoms with E-state index in [0.29, 0.717) is 76.7 Å². The van der Waals surface area contributed by atoms with Crippen LogP contribution in [-0.2, 0) is 63.7 Å². The van der Waals surface area contributed by atoms with Crippen molar-refractivity contribution in [3.8, 4) is 5.75 Å². The van der Waals surface area contributed by atoms with Gasteiger partial charge in [0.25, 0.3) is 0 Å². The number of aromatic nitrogens is 2. The second-order valence-corrected chi connectivity index (χ2v) is 19.2. The van der Waals surface area contributed by atoms with Gasteiger partial charge in [0.15, 0.2) is 0 Å². The average molecular weight is 1100 g/mol. The molecule has 0 radical (unpaired) electrons. The molecule has 0 unspecified atom stereocenters. The molecular weight excluding hydrogens is 1010 g/mol. The van der Waals surface area contributed by atoms with E-state index < -0.39 is 24.0 Å². The standard InChI is InChI=1S/C56H88N6O16/c1-3-14-49(60-38-47(65)22-21-45-37-57-41-61-45)51(66)27-20-43(42(2)63)15-10-11-28-58-53(68)39-77-36-34-75-32-29-59-54(69)40-76-35-33-74-30-13-16-46(64)23-26-50(56(72)73)62-52(67)17-9-7-5-4-6-8-12-31-78-48-24-18-44(19-25-48)55(70)71/h18-19,24-25,37,41,43,49-50,60H,3-17,20-23,26-36,38-40H2,1-2H3,(H,57,61)(H,58,68)(H,59,69)(H,62,67)(H,70,71)(H,72,73)/t43-,49+,50+/m1/s1. The molecule has 2 aromatic rings. The summed E-state index contributed by atoms with van der Waals surface area (Å²) < 4.78 is 27.3. The molecule has 2 rings (SSSR count). The van der Waals surface area contributed by atoms with Crippen molar-refractivity contribution in [2.24, 2.45) is 5.92 Å². The van der Waals surface area contributed by atoms with Crippen LogP contribution in [0.1, 0.15) is 158 Å². The van der Waals surface area contributed by atoms with Gasteiger partial charge in [-0.15, -0.1) is 0 Å². The van der Waals surface area contributed by atoms with Gasteiger partial charge >= 0.3 is 11.9 Å². The predicted molar refractivity (Wildman–Crippen MR) is 289 cm³/mol. The summed E-state index contributed by atoms with van der Waals surface area (Å²) in [7, 11) is 0. The van der Waals surface area contributed by atoms with Gasteiger partial charge in [-0.1, -0.05) is 51.9 Å². The third-order valence-electron chi connectivity index (χ3n) is 12.6. The molecule has 0 saturated carbocycles. The van der Waals surface area contributed by atoms with E-state index in [4.69, 9.17) is 28.8 Å². The maximum absolute atomic E-state index is 13.0. The summed E-state index contributed by atoms with van der Waals surface area (Å²) in [5.41, 5.74) is 1.10. The zero-order valence-corrected chi connectivity index (χ0v) is 46.1. The summed E-state index contributed by atoms with van der Waals surface area (Å²) in [6.07, 6.45) is 15.4. The van der Waals surface area contributed by atoms with Crippen LogP contribution in [0.4, 0.5) is 0 Å². The maximum Gasteiger partial charge on any atom is 0.335 e. The van der Waals surface area contributed by atoms with Crippen LogP contribution in [-0.4, -0.2) is 164 Å². The smallest absolute Gasteiger partial charge is 0.335 e. The topological polar surface area (TPSA) is 317 Å². The Labute approximate surface area is 459 Å². The molecule has 0 fully saturated rings. The van der Waals surface area contributed by atoms with Crippen molar-refractivity contribution in [3.05, 3.63) is 48.0 Å². The van der Waals surface area contributed by atoms with E-state index in [0.717, 1.165) is 50.6 Å². The Balaban J connectivity index is 1.37.